The number of hydrogen-bond acceptors (Lipinski definition) is 4. The Morgan fingerprint density at radius 1 is 0.738 bits per heavy atom. The molecule has 0 bridgehead atoms. The van der Waals surface area contributed by atoms with Gasteiger partial charge in [0.2, 0.25) is 0 Å². The zero-order valence-corrected chi connectivity index (χ0v) is 27.5. The van der Waals surface area contributed by atoms with Crippen molar-refractivity contribution < 1.29 is 18.8 Å². The predicted molar refractivity (Wildman–Crippen MR) is 178 cm³/mol. The van der Waals surface area contributed by atoms with E-state index in [1.165, 1.54) is 112 Å². The van der Waals surface area contributed by atoms with Crippen molar-refractivity contribution in [3.8, 4) is 17.2 Å². The van der Waals surface area contributed by atoms with Crippen molar-refractivity contribution in [3.05, 3.63) is 47.0 Å². The highest BCUT2D eigenvalue weighted by Crippen LogP contribution is 2.42. The number of nitrogens with zero attached hydrogens (tertiary/aromatic N) is 1. The molecule has 0 aromatic heterocycles. The van der Waals surface area contributed by atoms with Gasteiger partial charge >= 0.3 is 0 Å². The van der Waals surface area contributed by atoms with Crippen molar-refractivity contribution in [1.82, 2.24) is 0 Å². The smallest absolute Gasteiger partial charge is 0.184 e. The van der Waals surface area contributed by atoms with E-state index in [1.807, 2.05) is 6.07 Å². The number of ether oxygens (including phenoxy) is 3. The van der Waals surface area contributed by atoms with Crippen LogP contribution in [0.4, 0.5) is 5.69 Å². The quantitative estimate of drug-likeness (QED) is 0.111. The Kier molecular flexibility index (Phi) is 15.7. The zero-order chi connectivity index (χ0) is 30.0. The first-order chi connectivity index (χ1) is 20.7. The molecule has 0 saturated carbocycles. The third-order valence-corrected chi connectivity index (χ3v) is 8.71. The lowest BCUT2D eigenvalue weighted by Gasteiger charge is -2.25. The molecule has 0 aliphatic carbocycles. The first-order valence-corrected chi connectivity index (χ1v) is 16.9. The molecule has 5 nitrogen and oxygen atoms in total. The van der Waals surface area contributed by atoms with Gasteiger partial charge in [0, 0.05) is 24.9 Å². The van der Waals surface area contributed by atoms with Crippen LogP contribution in [-0.2, 0) is 13.0 Å². The lowest BCUT2D eigenvalue weighted by Crippen LogP contribution is -2.31. The summed E-state index contributed by atoms with van der Waals surface area (Å²) < 4.78 is 20.0. The molecule has 0 amide bonds. The molecule has 0 atom stereocenters. The lowest BCUT2D eigenvalue weighted by molar-refractivity contribution is -0.545. The molecule has 234 valence electrons. The molecule has 0 saturated heterocycles. The average molecular weight is 580 g/mol. The van der Waals surface area contributed by atoms with Gasteiger partial charge in [0.15, 0.2) is 23.8 Å². The van der Waals surface area contributed by atoms with E-state index >= 15 is 0 Å². The molecule has 0 unspecified atom stereocenters. The molecule has 42 heavy (non-hydrogen) atoms. The topological polar surface area (TPSA) is 42.7 Å². The van der Waals surface area contributed by atoms with Crippen LogP contribution in [0, 0.1) is 0 Å². The van der Waals surface area contributed by atoms with E-state index in [4.69, 9.17) is 14.2 Å². The highest BCUT2D eigenvalue weighted by molar-refractivity contribution is 6.01. The largest absolute Gasteiger partial charge is 0.497 e. The van der Waals surface area contributed by atoms with E-state index in [-0.39, 0.29) is 0 Å². The maximum atomic E-state index is 5.95. The molecule has 0 radical (unpaired) electrons. The summed E-state index contributed by atoms with van der Waals surface area (Å²) in [6.07, 6.45) is 20.5. The summed E-state index contributed by atoms with van der Waals surface area (Å²) >= 11 is 0. The van der Waals surface area contributed by atoms with Crippen LogP contribution in [0.3, 0.4) is 0 Å². The minimum atomic E-state index is 0.817. The normalized spacial score (nSPS) is 12.8. The van der Waals surface area contributed by atoms with Gasteiger partial charge in [-0.25, -0.2) is 4.58 Å². The van der Waals surface area contributed by atoms with Crippen molar-refractivity contribution in [2.75, 3.05) is 39.7 Å². The number of anilines is 1. The third-order valence-electron chi connectivity index (χ3n) is 8.71. The minimum absolute atomic E-state index is 0.817. The number of hydrogen-bond donors (Lipinski definition) is 1. The summed E-state index contributed by atoms with van der Waals surface area (Å²) in [6, 6.07) is 10.8. The molecule has 1 N–H and O–H groups in total. The van der Waals surface area contributed by atoms with E-state index in [0.717, 1.165) is 55.4 Å². The second-order valence-electron chi connectivity index (χ2n) is 11.9. The van der Waals surface area contributed by atoms with Crippen LogP contribution in [-0.4, -0.2) is 44.7 Å². The number of unbranched alkanes of at least 4 members (excludes halogenated alkanes) is 12. The molecule has 3 rings (SSSR count). The fraction of sp³-hybridized carbons (Fsp3) is 0.649. The molecule has 0 fully saturated rings. The Balaban J connectivity index is 1.84. The third kappa shape index (κ3) is 10.2. The van der Waals surface area contributed by atoms with Crippen molar-refractivity contribution in [3.63, 3.8) is 0 Å². The van der Waals surface area contributed by atoms with Crippen molar-refractivity contribution in [2.24, 2.45) is 0 Å². The lowest BCUT2D eigenvalue weighted by atomic mass is 9.90. The van der Waals surface area contributed by atoms with Crippen LogP contribution in [0.5, 0.6) is 17.2 Å². The molecule has 2 aromatic carbocycles. The fourth-order valence-electron chi connectivity index (χ4n) is 6.29. The molecular weight excluding hydrogens is 520 g/mol. The Hall–Kier alpha value is -2.69. The van der Waals surface area contributed by atoms with Crippen LogP contribution >= 0.6 is 0 Å². The number of rotatable bonds is 22. The monoisotopic (exact) mass is 579 g/mol. The van der Waals surface area contributed by atoms with Gasteiger partial charge in [0.1, 0.15) is 12.3 Å². The molecule has 1 aliphatic rings. The maximum absolute atomic E-state index is 5.95. The minimum Gasteiger partial charge on any atom is -0.497 e. The maximum Gasteiger partial charge on any atom is 0.184 e. The SMILES string of the molecule is CCCCCCCCCCCC1=[N+](Cc2cccc(OC)c2)CCc2c1cc(OC)c(OC)c2NCCCCCCC. The van der Waals surface area contributed by atoms with Gasteiger partial charge in [0.05, 0.1) is 32.6 Å². The van der Waals surface area contributed by atoms with Crippen molar-refractivity contribution >= 4 is 11.4 Å². The van der Waals surface area contributed by atoms with Crippen LogP contribution in [0.1, 0.15) is 127 Å². The Morgan fingerprint density at radius 3 is 2.05 bits per heavy atom. The molecule has 0 spiro atoms. The summed E-state index contributed by atoms with van der Waals surface area (Å²) in [5.74, 6) is 2.58. The van der Waals surface area contributed by atoms with Crippen molar-refractivity contribution in [1.29, 1.82) is 0 Å². The van der Waals surface area contributed by atoms with E-state index < -0.39 is 0 Å². The number of nitrogens with one attached hydrogen (secondary N) is 1. The molecule has 1 aliphatic heterocycles. The van der Waals surface area contributed by atoms with E-state index in [9.17, 15) is 0 Å². The number of benzene rings is 2. The van der Waals surface area contributed by atoms with Crippen molar-refractivity contribution in [2.45, 2.75) is 123 Å². The van der Waals surface area contributed by atoms with Gasteiger partial charge in [-0.1, -0.05) is 103 Å². The highest BCUT2D eigenvalue weighted by Gasteiger charge is 2.31. The average Bonchev–Trinajstić information content (AvgIpc) is 3.02. The first kappa shape index (κ1) is 33.8. The first-order valence-electron chi connectivity index (χ1n) is 16.9. The Labute approximate surface area is 257 Å². The molecule has 5 heteroatoms. The van der Waals surface area contributed by atoms with E-state index in [2.05, 4.69) is 48.0 Å². The van der Waals surface area contributed by atoms with Crippen LogP contribution in [0.15, 0.2) is 30.3 Å². The van der Waals surface area contributed by atoms with Crippen LogP contribution in [0.25, 0.3) is 0 Å². The van der Waals surface area contributed by atoms with Gasteiger partial charge in [-0.15, -0.1) is 0 Å². The molecular formula is C37H59N2O3+. The highest BCUT2D eigenvalue weighted by atomic mass is 16.5. The van der Waals surface area contributed by atoms with Gasteiger partial charge in [-0.05, 0) is 36.6 Å². The van der Waals surface area contributed by atoms with Gasteiger partial charge < -0.3 is 19.5 Å². The van der Waals surface area contributed by atoms with Gasteiger partial charge in [-0.3, -0.25) is 0 Å². The predicted octanol–water partition coefficient (Wildman–Crippen LogP) is 9.57. The standard InChI is InChI=1S/C37H59N2O3/c1-6-8-10-12-13-14-15-16-18-23-34-33-28-35(41-4)37(42-5)36(38-25-19-17-11-9-7-2)32(33)24-26-39(34)29-30-21-20-22-31(27-30)40-3/h20-22,27-28,38H,6-19,23-26,29H2,1-5H3/q+1. The summed E-state index contributed by atoms with van der Waals surface area (Å²) in [5, 5.41) is 3.80. The summed E-state index contributed by atoms with van der Waals surface area (Å²) in [5.41, 5.74) is 6.57. The second kappa shape index (κ2) is 19.5. The second-order valence-corrected chi connectivity index (χ2v) is 11.9. The zero-order valence-electron chi connectivity index (χ0n) is 27.5. The van der Waals surface area contributed by atoms with E-state index in [1.54, 1.807) is 21.3 Å². The summed E-state index contributed by atoms with van der Waals surface area (Å²) in [6.45, 7) is 7.40. The van der Waals surface area contributed by atoms with Crippen LogP contribution < -0.4 is 19.5 Å². The summed E-state index contributed by atoms with van der Waals surface area (Å²) in [4.78, 5) is 0. The Bertz CT molecular complexity index is 1090. The van der Waals surface area contributed by atoms with Gasteiger partial charge in [-0.2, -0.15) is 0 Å². The number of fused-ring (bicyclic) bond motifs is 1. The molecule has 2 aromatic rings. The van der Waals surface area contributed by atoms with Gasteiger partial charge in [0.25, 0.3) is 0 Å². The van der Waals surface area contributed by atoms with E-state index in [0.29, 0.717) is 0 Å². The fourth-order valence-corrected chi connectivity index (χ4v) is 6.29. The van der Waals surface area contributed by atoms with Crippen LogP contribution in [0.2, 0.25) is 0 Å². The Morgan fingerprint density at radius 2 is 1.40 bits per heavy atom. The number of methoxy groups -OCH3 is 3. The summed E-state index contributed by atoms with van der Waals surface area (Å²) in [7, 11) is 5.27. The molecule has 1 heterocycles.